The molecule has 0 spiro atoms. The first-order valence-electron chi connectivity index (χ1n) is 9.62. The largest absolute Gasteiger partial charge is 0.366 e. The molecule has 7 nitrogen and oxygen atoms in total. The smallest absolute Gasteiger partial charge is 0.215 e. The average molecular weight is 575 g/mol. The second-order valence-corrected chi connectivity index (χ2v) is 10.2. The zero-order chi connectivity index (χ0) is 20.9. The maximum atomic E-state index is 14.0. The Morgan fingerprint density at radius 2 is 1.80 bits per heavy atom. The van der Waals surface area contributed by atoms with Crippen LogP contribution in [0.4, 0.5) is 14.5 Å². The first-order valence-corrected chi connectivity index (χ1v) is 12.4. The quantitative estimate of drug-likeness (QED) is 0.328. The van der Waals surface area contributed by atoms with Crippen molar-refractivity contribution in [1.82, 2.24) is 14.5 Å². The third-order valence-electron chi connectivity index (χ3n) is 5.05. The van der Waals surface area contributed by atoms with E-state index < -0.39 is 21.7 Å². The summed E-state index contributed by atoms with van der Waals surface area (Å²) in [5.41, 5.74) is 0.262. The van der Waals surface area contributed by atoms with Gasteiger partial charge in [-0.3, -0.25) is 4.99 Å². The van der Waals surface area contributed by atoms with Crippen LogP contribution in [0.15, 0.2) is 23.2 Å². The molecule has 3 rings (SSSR count). The Bertz CT molecular complexity index is 830. The first-order chi connectivity index (χ1) is 13.9. The maximum absolute atomic E-state index is 14.0. The maximum Gasteiger partial charge on any atom is 0.215 e. The van der Waals surface area contributed by atoms with Gasteiger partial charge in [-0.25, -0.2) is 21.5 Å². The SMILES string of the molecule is CN=C(NCCS(=O)(=O)N1CCSCC1)N1CCN(c2cc(F)ccc2F)CC1.I. The predicted octanol–water partition coefficient (Wildman–Crippen LogP) is 1.66. The molecule has 0 aliphatic carbocycles. The lowest BCUT2D eigenvalue weighted by Crippen LogP contribution is -2.53. The van der Waals surface area contributed by atoms with Crippen LogP contribution in [0.2, 0.25) is 0 Å². The van der Waals surface area contributed by atoms with Gasteiger partial charge in [0.2, 0.25) is 10.0 Å². The molecule has 0 radical (unpaired) electrons. The minimum atomic E-state index is -3.27. The number of nitrogens with zero attached hydrogens (tertiary/aromatic N) is 4. The molecule has 0 bridgehead atoms. The fourth-order valence-corrected chi connectivity index (χ4v) is 5.96. The lowest BCUT2D eigenvalue weighted by atomic mass is 10.2. The molecule has 1 aromatic carbocycles. The molecule has 2 aliphatic heterocycles. The molecule has 2 heterocycles. The number of benzene rings is 1. The van der Waals surface area contributed by atoms with Crippen LogP contribution in [0.25, 0.3) is 0 Å². The Hall–Kier alpha value is -0.860. The molecule has 0 aromatic heterocycles. The van der Waals surface area contributed by atoms with Crippen LogP contribution in [0.5, 0.6) is 0 Å². The van der Waals surface area contributed by atoms with Crippen molar-refractivity contribution < 1.29 is 17.2 Å². The van der Waals surface area contributed by atoms with E-state index in [9.17, 15) is 17.2 Å². The molecule has 170 valence electrons. The van der Waals surface area contributed by atoms with Gasteiger partial charge in [0, 0.05) is 70.4 Å². The molecule has 30 heavy (non-hydrogen) atoms. The first kappa shape index (κ1) is 25.4. The highest BCUT2D eigenvalue weighted by molar-refractivity contribution is 14.0. The second-order valence-electron chi connectivity index (χ2n) is 6.87. The predicted molar refractivity (Wildman–Crippen MR) is 130 cm³/mol. The molecule has 0 atom stereocenters. The summed E-state index contributed by atoms with van der Waals surface area (Å²) in [5, 5.41) is 3.12. The summed E-state index contributed by atoms with van der Waals surface area (Å²) < 4.78 is 53.9. The van der Waals surface area contributed by atoms with Crippen molar-refractivity contribution in [1.29, 1.82) is 0 Å². The van der Waals surface area contributed by atoms with Crippen LogP contribution in [-0.4, -0.2) is 93.7 Å². The zero-order valence-corrected chi connectivity index (χ0v) is 20.9. The summed E-state index contributed by atoms with van der Waals surface area (Å²) >= 11 is 1.77. The number of hydrogen-bond donors (Lipinski definition) is 1. The van der Waals surface area contributed by atoms with E-state index in [1.165, 1.54) is 6.07 Å². The summed E-state index contributed by atoms with van der Waals surface area (Å²) in [6.07, 6.45) is 0. The van der Waals surface area contributed by atoms with Crippen molar-refractivity contribution in [2.75, 3.05) is 75.0 Å². The van der Waals surface area contributed by atoms with Crippen molar-refractivity contribution in [3.8, 4) is 0 Å². The fraction of sp³-hybridized carbons (Fsp3) is 0.611. The topological polar surface area (TPSA) is 68.2 Å². The van der Waals surface area contributed by atoms with Crippen LogP contribution in [-0.2, 0) is 10.0 Å². The van der Waals surface area contributed by atoms with Crippen molar-refractivity contribution in [3.05, 3.63) is 29.8 Å². The monoisotopic (exact) mass is 575 g/mol. The van der Waals surface area contributed by atoms with Crippen LogP contribution in [0, 0.1) is 11.6 Å². The number of thioether (sulfide) groups is 1. The molecule has 12 heteroatoms. The van der Waals surface area contributed by atoms with Gasteiger partial charge in [0.1, 0.15) is 11.6 Å². The highest BCUT2D eigenvalue weighted by Crippen LogP contribution is 2.22. The second kappa shape index (κ2) is 11.7. The number of aliphatic imine (C=N–C) groups is 1. The molecule has 1 aromatic rings. The number of nitrogens with one attached hydrogen (secondary N) is 1. The molecular formula is C18H28F2IN5O2S2. The Kier molecular flexibility index (Phi) is 9.88. The molecule has 0 saturated carbocycles. The van der Waals surface area contributed by atoms with Crippen molar-refractivity contribution in [3.63, 3.8) is 0 Å². The van der Waals surface area contributed by atoms with Gasteiger partial charge in [0.05, 0.1) is 11.4 Å². The zero-order valence-electron chi connectivity index (χ0n) is 16.9. The van der Waals surface area contributed by atoms with E-state index in [1.807, 2.05) is 4.90 Å². The van der Waals surface area contributed by atoms with Crippen LogP contribution in [0.1, 0.15) is 0 Å². The van der Waals surface area contributed by atoms with Gasteiger partial charge < -0.3 is 15.1 Å². The number of rotatable bonds is 5. The summed E-state index contributed by atoms with van der Waals surface area (Å²) in [5.74, 6) is 1.41. The number of piperazine rings is 1. The van der Waals surface area contributed by atoms with Gasteiger partial charge in [-0.1, -0.05) is 0 Å². The summed E-state index contributed by atoms with van der Waals surface area (Å²) in [4.78, 5) is 8.04. The van der Waals surface area contributed by atoms with Crippen LogP contribution < -0.4 is 10.2 Å². The number of hydrogen-bond acceptors (Lipinski definition) is 5. The molecular weight excluding hydrogens is 547 g/mol. The molecule has 2 saturated heterocycles. The minimum absolute atomic E-state index is 0. The van der Waals surface area contributed by atoms with Gasteiger partial charge in [-0.05, 0) is 12.1 Å². The van der Waals surface area contributed by atoms with E-state index in [4.69, 9.17) is 0 Å². The Labute approximate surface area is 198 Å². The van der Waals surface area contributed by atoms with Gasteiger partial charge in [-0.2, -0.15) is 11.8 Å². The van der Waals surface area contributed by atoms with Gasteiger partial charge in [0.25, 0.3) is 0 Å². The van der Waals surface area contributed by atoms with E-state index in [1.54, 1.807) is 28.0 Å². The van der Waals surface area contributed by atoms with Crippen molar-refractivity contribution in [2.24, 2.45) is 4.99 Å². The lowest BCUT2D eigenvalue weighted by Gasteiger charge is -2.37. The number of halogens is 3. The van der Waals surface area contributed by atoms with E-state index in [-0.39, 0.29) is 42.0 Å². The number of sulfonamides is 1. The van der Waals surface area contributed by atoms with Crippen molar-refractivity contribution >= 4 is 57.4 Å². The Morgan fingerprint density at radius 3 is 2.43 bits per heavy atom. The lowest BCUT2D eigenvalue weighted by molar-refractivity contribution is 0.371. The van der Waals surface area contributed by atoms with E-state index in [0.29, 0.717) is 45.2 Å². The fourth-order valence-electron chi connectivity index (χ4n) is 3.47. The van der Waals surface area contributed by atoms with Gasteiger partial charge >= 0.3 is 0 Å². The molecule has 2 fully saturated rings. The summed E-state index contributed by atoms with van der Waals surface area (Å²) in [7, 11) is -1.62. The highest BCUT2D eigenvalue weighted by atomic mass is 127. The third kappa shape index (κ3) is 6.57. The highest BCUT2D eigenvalue weighted by Gasteiger charge is 2.25. The van der Waals surface area contributed by atoms with E-state index in [0.717, 1.165) is 23.6 Å². The Balaban J connectivity index is 0.00000320. The van der Waals surface area contributed by atoms with Gasteiger partial charge in [-0.15, -0.1) is 24.0 Å². The third-order valence-corrected chi connectivity index (χ3v) is 7.86. The number of guanidine groups is 1. The summed E-state index contributed by atoms with van der Waals surface area (Å²) in [6, 6.07) is 3.46. The normalized spacial score (nSPS) is 18.8. The molecule has 2 aliphatic rings. The molecule has 0 amide bonds. The van der Waals surface area contributed by atoms with Crippen LogP contribution in [0.3, 0.4) is 0 Å². The van der Waals surface area contributed by atoms with E-state index in [2.05, 4.69) is 10.3 Å². The van der Waals surface area contributed by atoms with Crippen molar-refractivity contribution in [2.45, 2.75) is 0 Å². The summed E-state index contributed by atoms with van der Waals surface area (Å²) in [6.45, 7) is 3.60. The standard InChI is InChI=1S/C18H27F2N5O2S2.HI/c1-21-18(22-4-13-29(26,27)25-9-11-28-12-10-25)24-7-5-23(6-8-24)17-14-15(19)2-3-16(17)20;/h2-3,14H,4-13H2,1H3,(H,21,22);1H. The van der Waals surface area contributed by atoms with Gasteiger partial charge in [0.15, 0.2) is 5.96 Å². The molecule has 0 unspecified atom stereocenters. The van der Waals surface area contributed by atoms with E-state index >= 15 is 0 Å². The van der Waals surface area contributed by atoms with Crippen LogP contribution >= 0.6 is 35.7 Å². The average Bonchev–Trinajstić information content (AvgIpc) is 2.74. The number of anilines is 1. The molecule has 1 N–H and O–H groups in total. The minimum Gasteiger partial charge on any atom is -0.366 e. The Morgan fingerprint density at radius 1 is 1.13 bits per heavy atom.